The van der Waals surface area contributed by atoms with Crippen LogP contribution in [-0.2, 0) is 4.79 Å². The number of benzene rings is 1. The van der Waals surface area contributed by atoms with E-state index >= 15 is 0 Å². The summed E-state index contributed by atoms with van der Waals surface area (Å²) in [7, 11) is 1.38. The Morgan fingerprint density at radius 2 is 2.22 bits per heavy atom. The molecule has 5 nitrogen and oxygen atoms in total. The zero-order valence-corrected chi connectivity index (χ0v) is 10.7. The number of aliphatic carboxylic acids is 1. The molecule has 18 heavy (non-hydrogen) atoms. The van der Waals surface area contributed by atoms with Gasteiger partial charge in [-0.2, -0.15) is 0 Å². The minimum Gasteiger partial charge on any atom is -0.493 e. The summed E-state index contributed by atoms with van der Waals surface area (Å²) in [5.41, 5.74) is 0.152. The molecule has 0 saturated heterocycles. The van der Waals surface area contributed by atoms with Crippen LogP contribution in [-0.4, -0.2) is 30.6 Å². The maximum absolute atomic E-state index is 10.9. The van der Waals surface area contributed by atoms with E-state index in [0.29, 0.717) is 11.3 Å². The quantitative estimate of drug-likeness (QED) is 0.805. The molecule has 0 aliphatic rings. The van der Waals surface area contributed by atoms with Gasteiger partial charge in [0.1, 0.15) is 0 Å². The van der Waals surface area contributed by atoms with Gasteiger partial charge in [-0.15, -0.1) is 0 Å². The molecule has 0 spiro atoms. The van der Waals surface area contributed by atoms with Gasteiger partial charge in [0.2, 0.25) is 0 Å². The van der Waals surface area contributed by atoms with Gasteiger partial charge in [0.15, 0.2) is 23.9 Å². The molecule has 6 heteroatoms. The van der Waals surface area contributed by atoms with Crippen LogP contribution in [0.25, 0.3) is 0 Å². The number of halogens is 1. The summed E-state index contributed by atoms with van der Waals surface area (Å²) >= 11 is 5.80. The molecule has 1 aromatic carbocycles. The van der Waals surface area contributed by atoms with E-state index in [4.69, 9.17) is 26.2 Å². The highest BCUT2D eigenvalue weighted by Crippen LogP contribution is 2.34. The lowest BCUT2D eigenvalue weighted by molar-refractivity contribution is -0.145. The Hall–Kier alpha value is -1.75. The largest absolute Gasteiger partial charge is 0.493 e. The molecule has 0 fully saturated rings. The predicted molar refractivity (Wildman–Crippen MR) is 65.7 cm³/mol. The van der Waals surface area contributed by atoms with Crippen molar-refractivity contribution in [1.82, 2.24) is 0 Å². The number of carbonyl (C=O) groups excluding carboxylic acids is 1. The van der Waals surface area contributed by atoms with E-state index in [-0.39, 0.29) is 23.5 Å². The molecule has 1 aromatic rings. The van der Waals surface area contributed by atoms with Crippen LogP contribution in [0.15, 0.2) is 12.1 Å². The highest BCUT2D eigenvalue weighted by atomic mass is 35.5. The Morgan fingerprint density at radius 1 is 1.56 bits per heavy atom. The first-order chi connectivity index (χ1) is 8.53. The van der Waals surface area contributed by atoms with Crippen LogP contribution >= 0.6 is 11.6 Å². The second kappa shape index (κ2) is 6.26. The minimum atomic E-state index is -1.11. The summed E-state index contributed by atoms with van der Waals surface area (Å²) < 4.78 is 10.3. The maximum Gasteiger partial charge on any atom is 0.344 e. The molecule has 0 aliphatic heterocycles. The van der Waals surface area contributed by atoms with Crippen molar-refractivity contribution < 1.29 is 24.2 Å². The average Bonchev–Trinajstić information content (AvgIpc) is 2.35. The van der Waals surface area contributed by atoms with Crippen LogP contribution in [0.4, 0.5) is 0 Å². The smallest absolute Gasteiger partial charge is 0.344 e. The molecule has 0 bridgehead atoms. The topological polar surface area (TPSA) is 72.8 Å². The summed E-state index contributed by atoms with van der Waals surface area (Å²) in [5.74, 6) is -0.790. The van der Waals surface area contributed by atoms with Gasteiger partial charge in [-0.3, -0.25) is 4.79 Å². The third kappa shape index (κ3) is 3.13. The van der Waals surface area contributed by atoms with Crippen LogP contribution in [0.2, 0.25) is 5.02 Å². The molecule has 0 aromatic heterocycles. The lowest BCUT2D eigenvalue weighted by atomic mass is 10.2. The Labute approximate surface area is 109 Å². The van der Waals surface area contributed by atoms with Gasteiger partial charge in [-0.1, -0.05) is 18.5 Å². The first kappa shape index (κ1) is 14.3. The second-order valence-electron chi connectivity index (χ2n) is 3.50. The average molecular weight is 273 g/mol. The third-order valence-electron chi connectivity index (χ3n) is 2.30. The monoisotopic (exact) mass is 272 g/mol. The van der Waals surface area contributed by atoms with Crippen molar-refractivity contribution in [2.45, 2.75) is 19.4 Å². The summed E-state index contributed by atoms with van der Waals surface area (Å²) in [4.78, 5) is 21.9. The number of carbonyl (C=O) groups is 2. The third-order valence-corrected chi connectivity index (χ3v) is 2.52. The molecule has 0 amide bonds. The number of methoxy groups -OCH3 is 1. The van der Waals surface area contributed by atoms with Crippen LogP contribution in [0.5, 0.6) is 11.5 Å². The molecule has 0 aliphatic carbocycles. The van der Waals surface area contributed by atoms with Crippen molar-refractivity contribution in [3.05, 3.63) is 22.7 Å². The number of rotatable bonds is 6. The van der Waals surface area contributed by atoms with Crippen LogP contribution in [0.3, 0.4) is 0 Å². The Bertz CT molecular complexity index is 458. The van der Waals surface area contributed by atoms with Gasteiger partial charge in [0.25, 0.3) is 0 Å². The van der Waals surface area contributed by atoms with Crippen LogP contribution in [0, 0.1) is 0 Å². The molecular formula is C12H13ClO5. The molecule has 1 unspecified atom stereocenters. The van der Waals surface area contributed by atoms with Gasteiger partial charge in [0, 0.05) is 11.1 Å². The Kier molecular flexibility index (Phi) is 4.97. The van der Waals surface area contributed by atoms with Gasteiger partial charge in [-0.25, -0.2) is 4.79 Å². The van der Waals surface area contributed by atoms with E-state index in [2.05, 4.69) is 0 Å². The fourth-order valence-electron chi connectivity index (χ4n) is 1.40. The van der Waals surface area contributed by atoms with Gasteiger partial charge >= 0.3 is 5.97 Å². The fourth-order valence-corrected chi connectivity index (χ4v) is 1.62. The van der Waals surface area contributed by atoms with E-state index in [1.807, 2.05) is 0 Å². The minimum absolute atomic E-state index is 0.0890. The molecule has 1 rings (SSSR count). The number of aldehydes is 1. The van der Waals surface area contributed by atoms with Crippen molar-refractivity contribution in [2.24, 2.45) is 0 Å². The number of carboxylic acids is 1. The van der Waals surface area contributed by atoms with E-state index in [1.54, 1.807) is 6.92 Å². The van der Waals surface area contributed by atoms with Crippen molar-refractivity contribution in [1.29, 1.82) is 0 Å². The summed E-state index contributed by atoms with van der Waals surface area (Å²) in [6.45, 7) is 1.67. The predicted octanol–water partition coefficient (Wildman–Crippen LogP) is 2.40. The van der Waals surface area contributed by atoms with Crippen molar-refractivity contribution in [3.8, 4) is 11.5 Å². The molecular weight excluding hydrogens is 260 g/mol. The Balaban J connectivity index is 3.20. The van der Waals surface area contributed by atoms with E-state index in [9.17, 15) is 9.59 Å². The van der Waals surface area contributed by atoms with E-state index < -0.39 is 12.1 Å². The summed E-state index contributed by atoms with van der Waals surface area (Å²) in [6, 6.07) is 2.85. The fraction of sp³-hybridized carbons (Fsp3) is 0.333. The lowest BCUT2D eigenvalue weighted by Crippen LogP contribution is -2.26. The molecule has 0 radical (unpaired) electrons. The molecule has 0 heterocycles. The van der Waals surface area contributed by atoms with Crippen molar-refractivity contribution >= 4 is 23.9 Å². The Morgan fingerprint density at radius 3 is 2.67 bits per heavy atom. The first-order valence-electron chi connectivity index (χ1n) is 5.25. The summed E-state index contributed by atoms with van der Waals surface area (Å²) in [5, 5.41) is 9.25. The summed E-state index contributed by atoms with van der Waals surface area (Å²) in [6.07, 6.45) is -0.240. The lowest BCUT2D eigenvalue weighted by Gasteiger charge is -2.17. The van der Waals surface area contributed by atoms with Crippen molar-refractivity contribution in [2.75, 3.05) is 7.11 Å². The SMILES string of the molecule is CCC(Oc1c(C=O)cc(Cl)cc1OC)C(=O)O. The molecule has 98 valence electrons. The molecule has 0 saturated carbocycles. The van der Waals surface area contributed by atoms with Crippen molar-refractivity contribution in [3.63, 3.8) is 0 Å². The van der Waals surface area contributed by atoms with Gasteiger partial charge < -0.3 is 14.6 Å². The number of hydrogen-bond acceptors (Lipinski definition) is 4. The highest BCUT2D eigenvalue weighted by molar-refractivity contribution is 6.31. The van der Waals surface area contributed by atoms with E-state index in [0.717, 1.165) is 0 Å². The normalized spacial score (nSPS) is 11.7. The van der Waals surface area contributed by atoms with Crippen LogP contribution < -0.4 is 9.47 Å². The first-order valence-corrected chi connectivity index (χ1v) is 5.63. The van der Waals surface area contributed by atoms with E-state index in [1.165, 1.54) is 19.2 Å². The zero-order chi connectivity index (χ0) is 13.7. The van der Waals surface area contributed by atoms with Gasteiger partial charge in [-0.05, 0) is 12.5 Å². The zero-order valence-electron chi connectivity index (χ0n) is 9.97. The number of ether oxygens (including phenoxy) is 2. The maximum atomic E-state index is 10.9. The molecule has 1 N–H and O–H groups in total. The number of carboxylic acid groups (broad SMARTS) is 1. The molecule has 1 atom stereocenters. The highest BCUT2D eigenvalue weighted by Gasteiger charge is 2.21. The van der Waals surface area contributed by atoms with Gasteiger partial charge in [0.05, 0.1) is 12.7 Å². The number of hydrogen-bond donors (Lipinski definition) is 1. The second-order valence-corrected chi connectivity index (χ2v) is 3.93. The van der Waals surface area contributed by atoms with Crippen LogP contribution in [0.1, 0.15) is 23.7 Å². The standard InChI is InChI=1S/C12H13ClO5/c1-3-9(12(15)16)18-11-7(6-14)4-8(13)5-10(11)17-2/h4-6,9H,3H2,1-2H3,(H,15,16).